The summed E-state index contributed by atoms with van der Waals surface area (Å²) >= 11 is 0. The number of hydrogen-bond acceptors (Lipinski definition) is 6. The van der Waals surface area contributed by atoms with Gasteiger partial charge in [-0.15, -0.1) is 0 Å². The Hall–Kier alpha value is -1.68. The molecule has 128 valence electrons. The van der Waals surface area contributed by atoms with Gasteiger partial charge in [-0.05, 0) is 18.2 Å². The number of hydrogen-bond donors (Lipinski definition) is 1. The van der Waals surface area contributed by atoms with Gasteiger partial charge in [0.25, 0.3) is 0 Å². The van der Waals surface area contributed by atoms with Gasteiger partial charge in [-0.1, -0.05) is 0 Å². The first-order chi connectivity index (χ1) is 11.0. The third-order valence-corrected chi connectivity index (χ3v) is 5.23. The van der Waals surface area contributed by atoms with Crippen LogP contribution < -0.4 is 10.1 Å². The minimum Gasteiger partial charge on any atom is -0.495 e. The molecule has 1 N–H and O–H groups in total. The summed E-state index contributed by atoms with van der Waals surface area (Å²) in [5.74, 6) is -0.145. The van der Waals surface area contributed by atoms with E-state index in [-0.39, 0.29) is 36.2 Å². The lowest BCUT2D eigenvalue weighted by Crippen LogP contribution is -2.40. The van der Waals surface area contributed by atoms with Gasteiger partial charge in [0, 0.05) is 25.9 Å². The highest BCUT2D eigenvalue weighted by atomic mass is 32.2. The Morgan fingerprint density at radius 3 is 2.61 bits per heavy atom. The first-order valence-corrected chi connectivity index (χ1v) is 8.47. The molecule has 1 amide bonds. The van der Waals surface area contributed by atoms with Crippen LogP contribution in [0.4, 0.5) is 5.69 Å². The van der Waals surface area contributed by atoms with E-state index in [0.29, 0.717) is 18.9 Å². The van der Waals surface area contributed by atoms with Crippen LogP contribution in [0.25, 0.3) is 0 Å². The number of nitrogens with one attached hydrogen (secondary N) is 1. The number of morpholine rings is 1. The highest BCUT2D eigenvalue weighted by Crippen LogP contribution is 2.30. The minimum absolute atomic E-state index is 0.0112. The van der Waals surface area contributed by atoms with Crippen LogP contribution in [0.2, 0.25) is 0 Å². The standard InChI is InChI=1S/C14H20N2O6S/c1-20-10-14(17)15-11-3-4-12(21-2)13(9-11)23(18,19)16-5-7-22-8-6-16/h3-4,9H,5-8,10H2,1-2H3,(H,15,17). The summed E-state index contributed by atoms with van der Waals surface area (Å²) in [6, 6.07) is 4.47. The largest absolute Gasteiger partial charge is 0.495 e. The van der Waals surface area contributed by atoms with Crippen molar-refractivity contribution in [1.29, 1.82) is 0 Å². The topological polar surface area (TPSA) is 94.2 Å². The smallest absolute Gasteiger partial charge is 0.250 e. The zero-order valence-electron chi connectivity index (χ0n) is 13.1. The Labute approximate surface area is 135 Å². The highest BCUT2D eigenvalue weighted by molar-refractivity contribution is 7.89. The van der Waals surface area contributed by atoms with E-state index < -0.39 is 10.0 Å². The summed E-state index contributed by atoms with van der Waals surface area (Å²) in [5, 5.41) is 2.58. The molecule has 8 nitrogen and oxygen atoms in total. The molecule has 2 rings (SSSR count). The highest BCUT2D eigenvalue weighted by Gasteiger charge is 2.29. The van der Waals surface area contributed by atoms with Gasteiger partial charge in [0.2, 0.25) is 15.9 Å². The number of nitrogens with zero attached hydrogens (tertiary/aromatic N) is 1. The van der Waals surface area contributed by atoms with Crippen LogP contribution in [0.1, 0.15) is 0 Å². The Balaban J connectivity index is 2.33. The van der Waals surface area contributed by atoms with E-state index in [9.17, 15) is 13.2 Å². The van der Waals surface area contributed by atoms with Crippen molar-refractivity contribution in [3.8, 4) is 5.75 Å². The Kier molecular flexibility index (Phi) is 5.94. The molecule has 0 saturated carbocycles. The van der Waals surface area contributed by atoms with Crippen molar-refractivity contribution >= 4 is 21.6 Å². The first-order valence-electron chi connectivity index (χ1n) is 7.03. The van der Waals surface area contributed by atoms with Gasteiger partial charge in [-0.3, -0.25) is 4.79 Å². The molecule has 0 radical (unpaired) electrons. The summed E-state index contributed by atoms with van der Waals surface area (Å²) in [6.45, 7) is 1.16. The molecule has 1 heterocycles. The first kappa shape index (κ1) is 17.7. The summed E-state index contributed by atoms with van der Waals surface area (Å²) in [6.07, 6.45) is 0. The van der Waals surface area contributed by atoms with Crippen LogP contribution >= 0.6 is 0 Å². The van der Waals surface area contributed by atoms with Crippen molar-refractivity contribution < 1.29 is 27.4 Å². The maximum Gasteiger partial charge on any atom is 0.250 e. The van der Waals surface area contributed by atoms with Gasteiger partial charge < -0.3 is 19.5 Å². The maximum absolute atomic E-state index is 12.8. The molecular weight excluding hydrogens is 324 g/mol. The molecule has 0 unspecified atom stereocenters. The average Bonchev–Trinajstić information content (AvgIpc) is 2.56. The van der Waals surface area contributed by atoms with E-state index in [1.165, 1.54) is 30.7 Å². The minimum atomic E-state index is -3.73. The zero-order valence-corrected chi connectivity index (χ0v) is 13.9. The Morgan fingerprint density at radius 1 is 1.30 bits per heavy atom. The average molecular weight is 344 g/mol. The van der Waals surface area contributed by atoms with Crippen molar-refractivity contribution in [2.24, 2.45) is 0 Å². The molecule has 0 atom stereocenters. The van der Waals surface area contributed by atoms with Gasteiger partial charge in [0.15, 0.2) is 0 Å². The number of carbonyl (C=O) groups excluding carboxylic acids is 1. The molecule has 1 aromatic rings. The molecule has 0 bridgehead atoms. The monoisotopic (exact) mass is 344 g/mol. The number of ether oxygens (including phenoxy) is 3. The molecule has 9 heteroatoms. The number of carbonyl (C=O) groups is 1. The van der Waals surface area contributed by atoms with Crippen LogP contribution in [-0.2, 0) is 24.3 Å². The molecule has 23 heavy (non-hydrogen) atoms. The van der Waals surface area contributed by atoms with Crippen molar-refractivity contribution in [3.05, 3.63) is 18.2 Å². The lowest BCUT2D eigenvalue weighted by molar-refractivity contribution is -0.119. The number of benzene rings is 1. The molecule has 1 aromatic carbocycles. The molecule has 1 aliphatic heterocycles. The Bertz CT molecular complexity index is 655. The van der Waals surface area contributed by atoms with Gasteiger partial charge in [0.1, 0.15) is 17.3 Å². The van der Waals surface area contributed by atoms with E-state index in [1.54, 1.807) is 6.07 Å². The maximum atomic E-state index is 12.8. The normalized spacial score (nSPS) is 16.1. The lowest BCUT2D eigenvalue weighted by Gasteiger charge is -2.26. The molecule has 1 fully saturated rings. The third kappa shape index (κ3) is 4.20. The number of sulfonamides is 1. The van der Waals surface area contributed by atoms with Crippen LogP contribution in [0.15, 0.2) is 23.1 Å². The van der Waals surface area contributed by atoms with Crippen LogP contribution in [0.5, 0.6) is 5.75 Å². The molecule has 0 aliphatic carbocycles. The number of methoxy groups -OCH3 is 2. The summed E-state index contributed by atoms with van der Waals surface area (Å²) in [4.78, 5) is 11.6. The van der Waals surface area contributed by atoms with Crippen molar-refractivity contribution in [2.45, 2.75) is 4.90 Å². The van der Waals surface area contributed by atoms with Gasteiger partial charge in [0.05, 0.1) is 20.3 Å². The zero-order chi connectivity index (χ0) is 16.9. The predicted octanol–water partition coefficient (Wildman–Crippen LogP) is 0.301. The number of amides is 1. The fourth-order valence-electron chi connectivity index (χ4n) is 2.21. The van der Waals surface area contributed by atoms with E-state index in [1.807, 2.05) is 0 Å². The second kappa shape index (κ2) is 7.73. The quantitative estimate of drug-likeness (QED) is 0.798. The van der Waals surface area contributed by atoms with E-state index >= 15 is 0 Å². The van der Waals surface area contributed by atoms with Gasteiger partial charge in [-0.25, -0.2) is 8.42 Å². The number of anilines is 1. The Morgan fingerprint density at radius 2 is 2.00 bits per heavy atom. The fraction of sp³-hybridized carbons (Fsp3) is 0.500. The third-order valence-electron chi connectivity index (χ3n) is 3.31. The van der Waals surface area contributed by atoms with Crippen molar-refractivity contribution in [3.63, 3.8) is 0 Å². The van der Waals surface area contributed by atoms with Gasteiger partial charge >= 0.3 is 0 Å². The van der Waals surface area contributed by atoms with E-state index in [0.717, 1.165) is 0 Å². The van der Waals surface area contributed by atoms with Crippen LogP contribution in [0, 0.1) is 0 Å². The molecule has 1 aliphatic rings. The lowest BCUT2D eigenvalue weighted by atomic mass is 10.3. The summed E-state index contributed by atoms with van der Waals surface area (Å²) in [7, 11) is -0.925. The second-order valence-corrected chi connectivity index (χ2v) is 6.77. The molecule has 0 aromatic heterocycles. The van der Waals surface area contributed by atoms with Crippen LogP contribution in [0.3, 0.4) is 0 Å². The van der Waals surface area contributed by atoms with E-state index in [2.05, 4.69) is 5.32 Å². The summed E-state index contributed by atoms with van der Waals surface area (Å²) in [5.41, 5.74) is 0.361. The van der Waals surface area contributed by atoms with Gasteiger partial charge in [-0.2, -0.15) is 4.31 Å². The van der Waals surface area contributed by atoms with Crippen molar-refractivity contribution in [2.75, 3.05) is 52.4 Å². The van der Waals surface area contributed by atoms with Crippen molar-refractivity contribution in [1.82, 2.24) is 4.31 Å². The molecule has 0 spiro atoms. The number of rotatable bonds is 6. The summed E-state index contributed by atoms with van der Waals surface area (Å²) < 4.78 is 42.0. The fourth-order valence-corrected chi connectivity index (χ4v) is 3.80. The van der Waals surface area contributed by atoms with E-state index in [4.69, 9.17) is 14.2 Å². The molecular formula is C14H20N2O6S. The predicted molar refractivity (Wildman–Crippen MR) is 83.1 cm³/mol. The second-order valence-electron chi connectivity index (χ2n) is 4.86. The van der Waals surface area contributed by atoms with Crippen LogP contribution in [-0.4, -0.2) is 65.8 Å². The SMILES string of the molecule is COCC(=O)Nc1ccc(OC)c(S(=O)(=O)N2CCOCC2)c1. The molecule has 1 saturated heterocycles.